The van der Waals surface area contributed by atoms with Gasteiger partial charge in [0.15, 0.2) is 0 Å². The summed E-state index contributed by atoms with van der Waals surface area (Å²) in [6.07, 6.45) is 0. The van der Waals surface area contributed by atoms with Gasteiger partial charge in [-0.3, -0.25) is 0 Å². The van der Waals surface area contributed by atoms with Crippen LogP contribution in [-0.2, 0) is 11.0 Å². The second-order valence-corrected chi connectivity index (χ2v) is 7.05. The summed E-state index contributed by atoms with van der Waals surface area (Å²) >= 11 is 0. The van der Waals surface area contributed by atoms with Crippen LogP contribution in [0.1, 0.15) is 72.7 Å². The topological polar surface area (TPSA) is 4.93 Å². The van der Waals surface area contributed by atoms with Crippen molar-refractivity contribution in [3.05, 3.63) is 23.5 Å². The summed E-state index contributed by atoms with van der Waals surface area (Å²) < 4.78 is 2.51. The first kappa shape index (κ1) is 13.3. The van der Waals surface area contributed by atoms with E-state index in [1.807, 2.05) is 0 Å². The van der Waals surface area contributed by atoms with Crippen molar-refractivity contribution in [2.75, 3.05) is 0 Å². The molecule has 0 amide bonds. The highest BCUT2D eigenvalue weighted by Crippen LogP contribution is 2.33. The van der Waals surface area contributed by atoms with Crippen molar-refractivity contribution in [1.29, 1.82) is 0 Å². The summed E-state index contributed by atoms with van der Waals surface area (Å²) in [7, 11) is 0. The van der Waals surface area contributed by atoms with Gasteiger partial charge in [0.05, 0.1) is 0 Å². The summed E-state index contributed by atoms with van der Waals surface area (Å²) in [6.45, 7) is 18.3. The van der Waals surface area contributed by atoms with Gasteiger partial charge >= 0.3 is 0 Å². The van der Waals surface area contributed by atoms with Crippen LogP contribution >= 0.6 is 0 Å². The van der Waals surface area contributed by atoms with Crippen molar-refractivity contribution in [3.63, 3.8) is 0 Å². The minimum absolute atomic E-state index is 0.158. The fraction of sp³-hybridized carbons (Fsp3) is 0.733. The Labute approximate surface area is 101 Å². The van der Waals surface area contributed by atoms with Crippen LogP contribution in [0.3, 0.4) is 0 Å². The van der Waals surface area contributed by atoms with Crippen molar-refractivity contribution in [2.45, 2.75) is 72.3 Å². The van der Waals surface area contributed by atoms with Gasteiger partial charge < -0.3 is 4.57 Å². The third-order valence-electron chi connectivity index (χ3n) is 2.94. The Morgan fingerprint density at radius 1 is 0.938 bits per heavy atom. The molecule has 1 heterocycles. The Morgan fingerprint density at radius 3 is 1.75 bits per heavy atom. The maximum absolute atomic E-state index is 2.51. The van der Waals surface area contributed by atoms with E-state index >= 15 is 0 Å². The number of hydrogen-bond donors (Lipinski definition) is 0. The van der Waals surface area contributed by atoms with Crippen LogP contribution in [0.25, 0.3) is 0 Å². The lowest BCUT2D eigenvalue weighted by molar-refractivity contribution is 0.346. The van der Waals surface area contributed by atoms with Crippen molar-refractivity contribution in [3.8, 4) is 0 Å². The third kappa shape index (κ3) is 2.50. The summed E-state index contributed by atoms with van der Waals surface area (Å²) in [5.74, 6) is 0.579. The maximum atomic E-state index is 2.51. The van der Waals surface area contributed by atoms with Gasteiger partial charge in [0.25, 0.3) is 0 Å². The van der Waals surface area contributed by atoms with E-state index < -0.39 is 0 Å². The van der Waals surface area contributed by atoms with Gasteiger partial charge in [-0.05, 0) is 38.8 Å². The van der Waals surface area contributed by atoms with E-state index in [9.17, 15) is 0 Å². The molecule has 0 aromatic carbocycles. The van der Waals surface area contributed by atoms with Gasteiger partial charge in [-0.1, -0.05) is 34.6 Å². The molecule has 0 aliphatic carbocycles. The summed E-state index contributed by atoms with van der Waals surface area (Å²) in [5, 5.41) is 0. The average Bonchev–Trinajstić information content (AvgIpc) is 2.43. The molecule has 0 fully saturated rings. The van der Waals surface area contributed by atoms with Crippen LogP contribution in [-0.4, -0.2) is 4.57 Å². The summed E-state index contributed by atoms with van der Waals surface area (Å²) in [4.78, 5) is 0. The molecule has 1 nitrogen and oxygen atoms in total. The van der Waals surface area contributed by atoms with E-state index in [-0.39, 0.29) is 11.0 Å². The van der Waals surface area contributed by atoms with Gasteiger partial charge in [0.2, 0.25) is 0 Å². The van der Waals surface area contributed by atoms with Gasteiger partial charge in [0, 0.05) is 22.3 Å². The molecule has 1 aromatic heterocycles. The van der Waals surface area contributed by atoms with Crippen LogP contribution in [0.15, 0.2) is 12.1 Å². The van der Waals surface area contributed by atoms with Crippen molar-refractivity contribution < 1.29 is 0 Å². The predicted molar refractivity (Wildman–Crippen MR) is 72.2 cm³/mol. The molecule has 0 radical (unpaired) electrons. The predicted octanol–water partition coefficient (Wildman–Crippen LogP) is 4.66. The molecule has 0 saturated carbocycles. The quantitative estimate of drug-likeness (QED) is 0.650. The molecule has 1 aromatic rings. The van der Waals surface area contributed by atoms with Crippen molar-refractivity contribution >= 4 is 0 Å². The number of nitrogens with zero attached hydrogens (tertiary/aromatic N) is 1. The third-order valence-corrected chi connectivity index (χ3v) is 2.94. The highest BCUT2D eigenvalue weighted by atomic mass is 15.1. The van der Waals surface area contributed by atoms with Crippen molar-refractivity contribution in [1.82, 2.24) is 4.57 Å². The fourth-order valence-corrected chi connectivity index (χ4v) is 2.24. The van der Waals surface area contributed by atoms with Crippen LogP contribution in [0.2, 0.25) is 0 Å². The first-order chi connectivity index (χ1) is 7.05. The van der Waals surface area contributed by atoms with Crippen LogP contribution in [0, 0.1) is 0 Å². The molecule has 0 N–H and O–H groups in total. The fourth-order valence-electron chi connectivity index (χ4n) is 2.24. The first-order valence-corrected chi connectivity index (χ1v) is 6.27. The van der Waals surface area contributed by atoms with Crippen LogP contribution < -0.4 is 0 Å². The van der Waals surface area contributed by atoms with E-state index in [0.29, 0.717) is 5.92 Å². The molecule has 0 saturated heterocycles. The largest absolute Gasteiger partial charge is 0.343 e. The summed E-state index contributed by atoms with van der Waals surface area (Å²) in [5.41, 5.74) is 3.24. The Balaban J connectivity index is 3.44. The van der Waals surface area contributed by atoms with Crippen LogP contribution in [0.5, 0.6) is 0 Å². The highest BCUT2D eigenvalue weighted by Gasteiger charge is 2.27. The molecule has 0 spiro atoms. The smallest absolute Gasteiger partial charge is 0.0361 e. The van der Waals surface area contributed by atoms with E-state index in [1.54, 1.807) is 0 Å². The lowest BCUT2D eigenvalue weighted by atomic mass is 9.91. The van der Waals surface area contributed by atoms with Gasteiger partial charge in [-0.15, -0.1) is 0 Å². The molecular weight excluding hydrogens is 194 g/mol. The molecule has 1 heteroatoms. The lowest BCUT2D eigenvalue weighted by Crippen LogP contribution is -2.30. The van der Waals surface area contributed by atoms with Crippen LogP contribution in [0.4, 0.5) is 0 Å². The Kier molecular flexibility index (Phi) is 3.29. The number of aromatic nitrogens is 1. The SMILES string of the molecule is CC(C)c1ccc(C(C)(C)C)n1C(C)(C)C. The molecule has 0 bridgehead atoms. The Bertz CT molecular complexity index is 356. The normalized spacial score (nSPS) is 13.6. The standard InChI is InChI=1S/C15H27N/c1-11(2)12-9-10-13(14(3,4)5)16(12)15(6,7)8/h9-11H,1-8H3. The van der Waals surface area contributed by atoms with Gasteiger partial charge in [0.1, 0.15) is 0 Å². The van der Waals surface area contributed by atoms with E-state index in [2.05, 4.69) is 72.1 Å². The molecular formula is C15H27N. The Morgan fingerprint density at radius 2 is 1.44 bits per heavy atom. The number of rotatable bonds is 1. The van der Waals surface area contributed by atoms with Gasteiger partial charge in [-0.25, -0.2) is 0 Å². The second-order valence-electron chi connectivity index (χ2n) is 7.05. The molecule has 92 valence electrons. The molecule has 16 heavy (non-hydrogen) atoms. The highest BCUT2D eigenvalue weighted by molar-refractivity contribution is 5.26. The van der Waals surface area contributed by atoms with E-state index in [1.165, 1.54) is 11.4 Å². The van der Waals surface area contributed by atoms with E-state index in [4.69, 9.17) is 0 Å². The Hall–Kier alpha value is -0.720. The molecule has 0 aliphatic heterocycles. The monoisotopic (exact) mass is 221 g/mol. The van der Waals surface area contributed by atoms with E-state index in [0.717, 1.165) is 0 Å². The van der Waals surface area contributed by atoms with Gasteiger partial charge in [-0.2, -0.15) is 0 Å². The zero-order valence-corrected chi connectivity index (χ0v) is 12.2. The maximum Gasteiger partial charge on any atom is 0.0361 e. The minimum atomic E-state index is 0.158. The average molecular weight is 221 g/mol. The second kappa shape index (κ2) is 3.94. The number of hydrogen-bond acceptors (Lipinski definition) is 0. The van der Waals surface area contributed by atoms with Crippen molar-refractivity contribution in [2.24, 2.45) is 0 Å². The lowest BCUT2D eigenvalue weighted by Gasteiger charge is -2.33. The minimum Gasteiger partial charge on any atom is -0.343 e. The zero-order valence-electron chi connectivity index (χ0n) is 12.2. The molecule has 1 rings (SSSR count). The summed E-state index contributed by atoms with van der Waals surface area (Å²) in [6, 6.07) is 4.58. The molecule has 0 atom stereocenters. The first-order valence-electron chi connectivity index (χ1n) is 6.27. The molecule has 0 unspecified atom stereocenters. The molecule has 0 aliphatic rings. The zero-order chi connectivity index (χ0) is 12.7.